The summed E-state index contributed by atoms with van der Waals surface area (Å²) in [7, 11) is 0. The van der Waals surface area contributed by atoms with Crippen molar-refractivity contribution in [3.63, 3.8) is 0 Å². The lowest BCUT2D eigenvalue weighted by Crippen LogP contribution is -2.41. The van der Waals surface area contributed by atoms with Crippen LogP contribution in [-0.2, 0) is 14.2 Å². The van der Waals surface area contributed by atoms with Crippen molar-refractivity contribution in [2.45, 2.75) is 37.0 Å². The van der Waals surface area contributed by atoms with E-state index < -0.39 is 43.6 Å². The van der Waals surface area contributed by atoms with Gasteiger partial charge in [-0.05, 0) is 0 Å². The second-order valence-corrected chi connectivity index (χ2v) is 4.69. The number of aliphatic hydroxyl groups excluding tert-OH is 3. The number of aliphatic hydroxyl groups is 3. The zero-order valence-electron chi connectivity index (χ0n) is 10.1. The van der Waals surface area contributed by atoms with Gasteiger partial charge in [0, 0.05) is 5.56 Å². The minimum Gasteiger partial charge on any atom is -0.394 e. The van der Waals surface area contributed by atoms with Crippen LogP contribution in [0.3, 0.4) is 0 Å². The van der Waals surface area contributed by atoms with Gasteiger partial charge in [0.25, 0.3) is 0 Å². The van der Waals surface area contributed by atoms with Crippen LogP contribution in [0.15, 0.2) is 30.3 Å². The van der Waals surface area contributed by atoms with E-state index in [1.807, 2.05) is 30.3 Å². The molecule has 3 N–H and O–H groups in total. The van der Waals surface area contributed by atoms with E-state index in [0.29, 0.717) is 0 Å². The van der Waals surface area contributed by atoms with E-state index in [-0.39, 0.29) is 0 Å². The fraction of sp³-hybridized carbons (Fsp3) is 0.538. The molecule has 0 radical (unpaired) electrons. The minimum atomic E-state index is -1.15. The number of ether oxygens (including phenoxy) is 3. The smallest absolute Gasteiger partial charge is 0.190 e. The quantitative estimate of drug-likeness (QED) is 0.687. The third-order valence-corrected chi connectivity index (χ3v) is 3.41. The monoisotopic (exact) mass is 268 g/mol. The van der Waals surface area contributed by atoms with Gasteiger partial charge in [-0.25, -0.2) is 0 Å². The zero-order chi connectivity index (χ0) is 13.4. The SMILES string of the molecule is OCC(O)C1OC2OC(c3ccccc3)OC2C1O. The van der Waals surface area contributed by atoms with E-state index in [9.17, 15) is 10.2 Å². The maximum absolute atomic E-state index is 10.0. The molecule has 6 nitrogen and oxygen atoms in total. The van der Waals surface area contributed by atoms with Gasteiger partial charge in [0.2, 0.25) is 0 Å². The summed E-state index contributed by atoms with van der Waals surface area (Å²) in [6.45, 7) is -0.483. The van der Waals surface area contributed by atoms with Gasteiger partial charge in [0.05, 0.1) is 6.61 Å². The summed E-state index contributed by atoms with van der Waals surface area (Å²) in [4.78, 5) is 0. The Hall–Kier alpha value is -1.02. The van der Waals surface area contributed by atoms with Crippen molar-refractivity contribution in [2.75, 3.05) is 6.61 Å². The number of fused-ring (bicyclic) bond motifs is 1. The molecule has 19 heavy (non-hydrogen) atoms. The second kappa shape index (κ2) is 5.16. The van der Waals surface area contributed by atoms with Gasteiger partial charge in [0.15, 0.2) is 12.6 Å². The van der Waals surface area contributed by atoms with Crippen LogP contribution in [0.1, 0.15) is 11.9 Å². The number of rotatable bonds is 3. The average Bonchev–Trinajstić information content (AvgIpc) is 2.99. The molecule has 6 unspecified atom stereocenters. The maximum atomic E-state index is 10.0. The topological polar surface area (TPSA) is 88.4 Å². The van der Waals surface area contributed by atoms with E-state index >= 15 is 0 Å². The van der Waals surface area contributed by atoms with Crippen LogP contribution in [0.2, 0.25) is 0 Å². The maximum Gasteiger partial charge on any atom is 0.190 e. The summed E-state index contributed by atoms with van der Waals surface area (Å²) in [6, 6.07) is 9.34. The third-order valence-electron chi connectivity index (χ3n) is 3.41. The molecule has 0 saturated carbocycles. The van der Waals surface area contributed by atoms with Crippen LogP contribution in [-0.4, -0.2) is 52.6 Å². The molecule has 1 aromatic rings. The molecule has 2 heterocycles. The van der Waals surface area contributed by atoms with Crippen molar-refractivity contribution < 1.29 is 29.5 Å². The summed E-state index contributed by atoms with van der Waals surface area (Å²) in [5.74, 6) is 0. The Bertz CT molecular complexity index is 424. The number of benzene rings is 1. The molecule has 3 rings (SSSR count). The highest BCUT2D eigenvalue weighted by Gasteiger charge is 2.53. The van der Waals surface area contributed by atoms with E-state index in [4.69, 9.17) is 19.3 Å². The van der Waals surface area contributed by atoms with Crippen LogP contribution < -0.4 is 0 Å². The van der Waals surface area contributed by atoms with Crippen LogP contribution >= 0.6 is 0 Å². The van der Waals surface area contributed by atoms with Crippen molar-refractivity contribution >= 4 is 0 Å². The van der Waals surface area contributed by atoms with Crippen molar-refractivity contribution in [1.82, 2.24) is 0 Å². The molecule has 0 spiro atoms. The van der Waals surface area contributed by atoms with Crippen LogP contribution in [0.5, 0.6) is 0 Å². The summed E-state index contributed by atoms with van der Waals surface area (Å²) in [5, 5.41) is 28.4. The van der Waals surface area contributed by atoms with E-state index in [1.165, 1.54) is 0 Å². The predicted octanol–water partition coefficient (Wildman–Crippen LogP) is -0.460. The summed E-state index contributed by atoms with van der Waals surface area (Å²) >= 11 is 0. The predicted molar refractivity (Wildman–Crippen MR) is 62.9 cm³/mol. The van der Waals surface area contributed by atoms with E-state index in [2.05, 4.69) is 0 Å². The first kappa shape index (κ1) is 13.0. The van der Waals surface area contributed by atoms with E-state index in [1.54, 1.807) is 0 Å². The van der Waals surface area contributed by atoms with Gasteiger partial charge >= 0.3 is 0 Å². The number of hydrogen-bond donors (Lipinski definition) is 3. The van der Waals surface area contributed by atoms with Crippen molar-refractivity contribution in [1.29, 1.82) is 0 Å². The van der Waals surface area contributed by atoms with Gasteiger partial charge < -0.3 is 29.5 Å². The Labute approximate surface area is 110 Å². The molecule has 2 fully saturated rings. The van der Waals surface area contributed by atoms with Crippen molar-refractivity contribution in [2.24, 2.45) is 0 Å². The summed E-state index contributed by atoms with van der Waals surface area (Å²) < 4.78 is 16.6. The molecule has 2 saturated heterocycles. The molecule has 0 amide bonds. The summed E-state index contributed by atoms with van der Waals surface area (Å²) in [6.07, 6.45) is -5.04. The Balaban J connectivity index is 1.69. The van der Waals surface area contributed by atoms with Crippen LogP contribution in [0, 0.1) is 0 Å². The van der Waals surface area contributed by atoms with Crippen molar-refractivity contribution in [3.8, 4) is 0 Å². The number of hydrogen-bond acceptors (Lipinski definition) is 6. The zero-order valence-corrected chi connectivity index (χ0v) is 10.1. The fourth-order valence-corrected chi connectivity index (χ4v) is 2.40. The first-order valence-electron chi connectivity index (χ1n) is 6.19. The highest BCUT2D eigenvalue weighted by molar-refractivity contribution is 5.17. The summed E-state index contributed by atoms with van der Waals surface area (Å²) in [5.41, 5.74) is 0.840. The Kier molecular flexibility index (Phi) is 3.53. The molecule has 0 aromatic heterocycles. The lowest BCUT2D eigenvalue weighted by molar-refractivity contribution is -0.191. The van der Waals surface area contributed by atoms with E-state index in [0.717, 1.165) is 5.56 Å². The van der Waals surface area contributed by atoms with Crippen LogP contribution in [0.25, 0.3) is 0 Å². The molecular formula is C13H16O6. The van der Waals surface area contributed by atoms with Gasteiger partial charge in [-0.1, -0.05) is 30.3 Å². The van der Waals surface area contributed by atoms with Crippen molar-refractivity contribution in [3.05, 3.63) is 35.9 Å². The average molecular weight is 268 g/mol. The molecule has 0 bridgehead atoms. The molecule has 6 atom stereocenters. The Morgan fingerprint density at radius 3 is 2.47 bits per heavy atom. The molecule has 1 aromatic carbocycles. The lowest BCUT2D eigenvalue weighted by atomic mass is 10.1. The largest absolute Gasteiger partial charge is 0.394 e. The van der Waals surface area contributed by atoms with Crippen LogP contribution in [0.4, 0.5) is 0 Å². The Morgan fingerprint density at radius 1 is 1.11 bits per heavy atom. The molecule has 2 aliphatic heterocycles. The first-order valence-corrected chi connectivity index (χ1v) is 6.19. The molecular weight excluding hydrogens is 252 g/mol. The third kappa shape index (κ3) is 2.27. The highest BCUT2D eigenvalue weighted by Crippen LogP contribution is 2.39. The molecule has 104 valence electrons. The van der Waals surface area contributed by atoms with Gasteiger partial charge in [-0.15, -0.1) is 0 Å². The highest BCUT2D eigenvalue weighted by atomic mass is 16.8. The normalized spacial score (nSPS) is 39.2. The molecule has 0 aliphatic carbocycles. The second-order valence-electron chi connectivity index (χ2n) is 4.69. The fourth-order valence-electron chi connectivity index (χ4n) is 2.40. The Morgan fingerprint density at radius 2 is 1.84 bits per heavy atom. The standard InChI is InChI=1S/C13H16O6/c14-6-8(15)10-9(16)11-13(17-10)19-12(18-11)7-4-2-1-3-5-7/h1-5,8-16H,6H2. The molecule has 2 aliphatic rings. The minimum absolute atomic E-state index is 0.483. The van der Waals surface area contributed by atoms with Gasteiger partial charge in [-0.3, -0.25) is 0 Å². The lowest BCUT2D eigenvalue weighted by Gasteiger charge is -2.22. The molecule has 6 heteroatoms. The first-order chi connectivity index (χ1) is 9.20. The van der Waals surface area contributed by atoms with Gasteiger partial charge in [0.1, 0.15) is 24.4 Å². The van der Waals surface area contributed by atoms with Gasteiger partial charge in [-0.2, -0.15) is 0 Å².